The molecule has 0 radical (unpaired) electrons. The Kier molecular flexibility index (Phi) is 3.37. The van der Waals surface area contributed by atoms with Crippen molar-refractivity contribution < 1.29 is 9.63 Å². The number of aliphatic hydroxyl groups is 1. The molecule has 2 aromatic rings. The van der Waals surface area contributed by atoms with Crippen molar-refractivity contribution in [1.82, 2.24) is 15.1 Å². The minimum atomic E-state index is -0.763. The molecule has 0 spiro atoms. The second-order valence-electron chi connectivity index (χ2n) is 3.58. The quantitative estimate of drug-likeness (QED) is 0.853. The number of hydrogen-bond acceptors (Lipinski definition) is 6. The third-order valence-electron chi connectivity index (χ3n) is 2.20. The number of aliphatic hydroxyl groups excluding tert-OH is 1. The number of nitrogens with zero attached hydrogens (tertiary/aromatic N) is 3. The summed E-state index contributed by atoms with van der Waals surface area (Å²) in [6, 6.07) is 2.64. The van der Waals surface area contributed by atoms with E-state index < -0.39 is 12.1 Å². The van der Waals surface area contributed by atoms with Crippen LogP contribution in [0.2, 0.25) is 5.02 Å². The van der Waals surface area contributed by atoms with Crippen LogP contribution in [0.5, 0.6) is 0 Å². The van der Waals surface area contributed by atoms with Gasteiger partial charge in [0.25, 0.3) is 0 Å². The number of rotatable bonds is 3. The Labute approximate surface area is 102 Å². The number of pyridine rings is 1. The summed E-state index contributed by atoms with van der Waals surface area (Å²) in [7, 11) is 0. The Morgan fingerprint density at radius 1 is 1.47 bits per heavy atom. The molecule has 2 heterocycles. The van der Waals surface area contributed by atoms with Crippen LogP contribution in [-0.4, -0.2) is 26.3 Å². The van der Waals surface area contributed by atoms with Gasteiger partial charge in [-0.15, -0.1) is 0 Å². The number of hydrogen-bond donors (Lipinski definition) is 2. The summed E-state index contributed by atoms with van der Waals surface area (Å²) >= 11 is 5.72. The van der Waals surface area contributed by atoms with Crippen LogP contribution in [0.3, 0.4) is 0 Å². The lowest BCUT2D eigenvalue weighted by molar-refractivity contribution is 0.146. The first-order chi connectivity index (χ1) is 8.08. The standard InChI is InChI=1S/C10H11ClN4O2/c1-5(16)8(12)10-14-9(15-17-10)7-3-2-6(11)4-13-7/h2-5,8,16H,12H2,1H3. The SMILES string of the molecule is CC(O)C(N)c1nc(-c2ccc(Cl)cn2)no1. The highest BCUT2D eigenvalue weighted by atomic mass is 35.5. The summed E-state index contributed by atoms with van der Waals surface area (Å²) in [6.45, 7) is 1.55. The molecule has 0 fully saturated rings. The first kappa shape index (κ1) is 12.0. The van der Waals surface area contributed by atoms with Crippen LogP contribution in [-0.2, 0) is 0 Å². The van der Waals surface area contributed by atoms with Crippen molar-refractivity contribution in [1.29, 1.82) is 0 Å². The molecule has 3 N–H and O–H groups in total. The van der Waals surface area contributed by atoms with Crippen LogP contribution < -0.4 is 5.73 Å². The van der Waals surface area contributed by atoms with Crippen molar-refractivity contribution in [2.75, 3.05) is 0 Å². The number of nitrogens with two attached hydrogens (primary N) is 1. The van der Waals surface area contributed by atoms with Gasteiger partial charge in [0.2, 0.25) is 11.7 Å². The molecule has 0 aliphatic rings. The number of halogens is 1. The molecule has 2 atom stereocenters. The summed E-state index contributed by atoms with van der Waals surface area (Å²) in [5.41, 5.74) is 6.20. The summed E-state index contributed by atoms with van der Waals surface area (Å²) in [6.07, 6.45) is 0.725. The fourth-order valence-corrected chi connectivity index (χ4v) is 1.30. The van der Waals surface area contributed by atoms with Gasteiger partial charge < -0.3 is 15.4 Å². The molecule has 90 valence electrons. The highest BCUT2D eigenvalue weighted by molar-refractivity contribution is 6.30. The molecule has 6 nitrogen and oxygen atoms in total. The maximum absolute atomic E-state index is 9.30. The van der Waals surface area contributed by atoms with E-state index in [1.54, 1.807) is 19.1 Å². The molecule has 0 aliphatic heterocycles. The summed E-state index contributed by atoms with van der Waals surface area (Å²) in [4.78, 5) is 8.11. The molecule has 2 aromatic heterocycles. The molecule has 2 unspecified atom stereocenters. The molecule has 17 heavy (non-hydrogen) atoms. The van der Waals surface area contributed by atoms with Gasteiger partial charge in [-0.1, -0.05) is 16.8 Å². The Morgan fingerprint density at radius 3 is 2.82 bits per heavy atom. The summed E-state index contributed by atoms with van der Waals surface area (Å²) in [5.74, 6) is 0.486. The van der Waals surface area contributed by atoms with E-state index >= 15 is 0 Å². The van der Waals surface area contributed by atoms with Crippen LogP contribution in [0.4, 0.5) is 0 Å². The summed E-state index contributed by atoms with van der Waals surface area (Å²) in [5, 5.41) is 13.6. The van der Waals surface area contributed by atoms with E-state index in [-0.39, 0.29) is 5.89 Å². The lowest BCUT2D eigenvalue weighted by atomic mass is 10.2. The Balaban J connectivity index is 2.26. The minimum Gasteiger partial charge on any atom is -0.391 e. The van der Waals surface area contributed by atoms with Gasteiger partial charge in [0.05, 0.1) is 11.1 Å². The average Bonchev–Trinajstić information content (AvgIpc) is 2.78. The molecule has 0 aromatic carbocycles. The van der Waals surface area contributed by atoms with E-state index in [0.717, 1.165) is 0 Å². The predicted octanol–water partition coefficient (Wildman–Crippen LogP) is 1.17. The van der Waals surface area contributed by atoms with Gasteiger partial charge in [-0.25, -0.2) is 0 Å². The molecule has 7 heteroatoms. The van der Waals surface area contributed by atoms with Crippen LogP contribution in [0.1, 0.15) is 18.9 Å². The van der Waals surface area contributed by atoms with Crippen molar-refractivity contribution in [3.05, 3.63) is 29.2 Å². The maximum atomic E-state index is 9.30. The van der Waals surface area contributed by atoms with E-state index in [1.165, 1.54) is 6.20 Å². The van der Waals surface area contributed by atoms with Gasteiger partial charge in [-0.05, 0) is 19.1 Å². The van der Waals surface area contributed by atoms with Gasteiger partial charge in [-0.2, -0.15) is 4.98 Å². The highest BCUT2D eigenvalue weighted by Crippen LogP contribution is 2.18. The van der Waals surface area contributed by atoms with Crippen molar-refractivity contribution >= 4 is 11.6 Å². The molecule has 0 saturated heterocycles. The lowest BCUT2D eigenvalue weighted by Crippen LogP contribution is -2.23. The topological polar surface area (TPSA) is 98.1 Å². The van der Waals surface area contributed by atoms with Gasteiger partial charge in [0, 0.05) is 6.20 Å². The Bertz CT molecular complexity index is 497. The number of aromatic nitrogens is 3. The van der Waals surface area contributed by atoms with Crippen LogP contribution in [0, 0.1) is 0 Å². The smallest absolute Gasteiger partial charge is 0.246 e. The van der Waals surface area contributed by atoms with E-state index in [1.807, 2.05) is 0 Å². The second kappa shape index (κ2) is 4.79. The Morgan fingerprint density at radius 2 is 2.24 bits per heavy atom. The molecule has 0 saturated carbocycles. The fraction of sp³-hybridized carbons (Fsp3) is 0.300. The largest absolute Gasteiger partial charge is 0.391 e. The first-order valence-corrected chi connectivity index (χ1v) is 5.35. The van der Waals surface area contributed by atoms with E-state index in [4.69, 9.17) is 21.9 Å². The van der Waals surface area contributed by atoms with Crippen molar-refractivity contribution in [3.8, 4) is 11.5 Å². The van der Waals surface area contributed by atoms with E-state index in [0.29, 0.717) is 16.5 Å². The van der Waals surface area contributed by atoms with Gasteiger partial charge in [-0.3, -0.25) is 4.98 Å². The van der Waals surface area contributed by atoms with E-state index in [2.05, 4.69) is 15.1 Å². The van der Waals surface area contributed by atoms with Crippen LogP contribution in [0.25, 0.3) is 11.5 Å². The first-order valence-electron chi connectivity index (χ1n) is 4.97. The zero-order chi connectivity index (χ0) is 12.4. The predicted molar refractivity (Wildman–Crippen MR) is 61.1 cm³/mol. The van der Waals surface area contributed by atoms with Gasteiger partial charge >= 0.3 is 0 Å². The van der Waals surface area contributed by atoms with E-state index in [9.17, 15) is 5.11 Å². The van der Waals surface area contributed by atoms with Crippen LogP contribution >= 0.6 is 11.6 Å². The minimum absolute atomic E-state index is 0.173. The maximum Gasteiger partial charge on any atom is 0.246 e. The molecule has 0 amide bonds. The second-order valence-corrected chi connectivity index (χ2v) is 4.02. The van der Waals surface area contributed by atoms with Crippen LogP contribution in [0.15, 0.2) is 22.9 Å². The average molecular weight is 255 g/mol. The van der Waals surface area contributed by atoms with Gasteiger partial charge in [0.1, 0.15) is 11.7 Å². The molecular weight excluding hydrogens is 244 g/mol. The van der Waals surface area contributed by atoms with Crippen molar-refractivity contribution in [3.63, 3.8) is 0 Å². The highest BCUT2D eigenvalue weighted by Gasteiger charge is 2.20. The third-order valence-corrected chi connectivity index (χ3v) is 2.43. The Hall–Kier alpha value is -1.50. The fourth-order valence-electron chi connectivity index (χ4n) is 1.19. The third kappa shape index (κ3) is 2.60. The zero-order valence-electron chi connectivity index (χ0n) is 9.04. The molecule has 2 rings (SSSR count). The lowest BCUT2D eigenvalue weighted by Gasteiger charge is -2.08. The molecule has 0 aliphatic carbocycles. The van der Waals surface area contributed by atoms with Crippen molar-refractivity contribution in [2.45, 2.75) is 19.1 Å². The normalized spacial score (nSPS) is 14.6. The van der Waals surface area contributed by atoms with Gasteiger partial charge in [0.15, 0.2) is 0 Å². The molecular formula is C10H11ClN4O2. The monoisotopic (exact) mass is 254 g/mol. The molecule has 0 bridgehead atoms. The summed E-state index contributed by atoms with van der Waals surface area (Å²) < 4.78 is 4.95. The van der Waals surface area contributed by atoms with Crippen molar-refractivity contribution in [2.24, 2.45) is 5.73 Å². The zero-order valence-corrected chi connectivity index (χ0v) is 9.80.